The van der Waals surface area contributed by atoms with Gasteiger partial charge in [0.25, 0.3) is 10.1 Å². The molecule has 0 aromatic carbocycles. The molecule has 0 saturated heterocycles. The standard InChI is InChI=1S/C35H64N4O13S/c1-6-16-39(34(45)11-10-31(42)37-15-25-53(46,47)48)17-12-33(44)38-35(27(2)3)30(41)26-29(28(4)40)9-7-8-14-36-32(43)13-18-50-21-22-52-24-23-51-20-19-49-5/h27,29,35H,6-26H2,1-5H3,(H,36,43)(H,37,42)(H,38,44)(H,46,47,48)/t29-,35?/m1/s1. The van der Waals surface area contributed by atoms with E-state index in [4.69, 9.17) is 23.5 Å². The maximum atomic E-state index is 13.3. The molecule has 1 unspecified atom stereocenters. The molecule has 4 N–H and O–H groups in total. The lowest BCUT2D eigenvalue weighted by Gasteiger charge is -2.25. The number of rotatable bonds is 34. The number of unbranched alkanes of at least 4 members (excludes halogenated alkanes) is 1. The zero-order valence-corrected chi connectivity index (χ0v) is 33.1. The minimum atomic E-state index is -4.22. The van der Waals surface area contributed by atoms with Crippen molar-refractivity contribution in [3.63, 3.8) is 0 Å². The second-order valence-electron chi connectivity index (χ2n) is 13.0. The summed E-state index contributed by atoms with van der Waals surface area (Å²) in [5.74, 6) is -3.26. The molecular weight excluding hydrogens is 716 g/mol. The Bertz CT molecular complexity index is 1200. The topological polar surface area (TPSA) is 233 Å². The van der Waals surface area contributed by atoms with Crippen molar-refractivity contribution < 1.29 is 60.7 Å². The van der Waals surface area contributed by atoms with Gasteiger partial charge in [-0.3, -0.25) is 33.3 Å². The summed E-state index contributed by atoms with van der Waals surface area (Å²) in [5.41, 5.74) is 0. The van der Waals surface area contributed by atoms with Gasteiger partial charge in [-0.25, -0.2) is 0 Å². The summed E-state index contributed by atoms with van der Waals surface area (Å²) in [6.45, 7) is 10.5. The van der Waals surface area contributed by atoms with Crippen LogP contribution in [0.15, 0.2) is 0 Å². The van der Waals surface area contributed by atoms with Crippen LogP contribution in [0.5, 0.6) is 0 Å². The molecule has 308 valence electrons. The van der Waals surface area contributed by atoms with Crippen molar-refractivity contribution in [2.45, 2.75) is 91.5 Å². The maximum Gasteiger partial charge on any atom is 0.266 e. The van der Waals surface area contributed by atoms with Crippen LogP contribution in [0.3, 0.4) is 0 Å². The van der Waals surface area contributed by atoms with E-state index in [-0.39, 0.29) is 81.1 Å². The van der Waals surface area contributed by atoms with Crippen molar-refractivity contribution in [2.75, 3.05) is 85.3 Å². The number of hydrogen-bond donors (Lipinski definition) is 4. The highest BCUT2D eigenvalue weighted by molar-refractivity contribution is 7.85. The van der Waals surface area contributed by atoms with E-state index >= 15 is 0 Å². The molecular formula is C35H64N4O13S. The smallest absolute Gasteiger partial charge is 0.266 e. The summed E-state index contributed by atoms with van der Waals surface area (Å²) in [5, 5.41) is 7.92. The van der Waals surface area contributed by atoms with Gasteiger partial charge in [-0.05, 0) is 32.1 Å². The lowest BCUT2D eigenvalue weighted by atomic mass is 9.87. The van der Waals surface area contributed by atoms with Crippen molar-refractivity contribution in [3.8, 4) is 0 Å². The second kappa shape index (κ2) is 30.3. The fraction of sp³-hybridized carbons (Fsp3) is 0.829. The van der Waals surface area contributed by atoms with Crippen LogP contribution in [-0.2, 0) is 57.8 Å². The molecule has 0 heterocycles. The van der Waals surface area contributed by atoms with Gasteiger partial charge in [0.15, 0.2) is 5.78 Å². The Morgan fingerprint density at radius 2 is 1.32 bits per heavy atom. The van der Waals surface area contributed by atoms with Gasteiger partial charge < -0.3 is 39.8 Å². The van der Waals surface area contributed by atoms with Crippen LogP contribution < -0.4 is 16.0 Å². The first-order valence-corrected chi connectivity index (χ1v) is 20.0. The van der Waals surface area contributed by atoms with Crippen LogP contribution in [0.2, 0.25) is 0 Å². The highest BCUT2D eigenvalue weighted by Crippen LogP contribution is 2.18. The lowest BCUT2D eigenvalue weighted by Crippen LogP contribution is -2.46. The Kier molecular flexibility index (Phi) is 28.6. The van der Waals surface area contributed by atoms with Gasteiger partial charge in [0.2, 0.25) is 23.6 Å². The van der Waals surface area contributed by atoms with Crippen molar-refractivity contribution in [1.29, 1.82) is 0 Å². The molecule has 0 bridgehead atoms. The van der Waals surface area contributed by atoms with E-state index in [1.165, 1.54) is 11.8 Å². The molecule has 0 aromatic rings. The number of ketones is 2. The van der Waals surface area contributed by atoms with Gasteiger partial charge in [0.1, 0.15) is 5.78 Å². The van der Waals surface area contributed by atoms with Gasteiger partial charge in [0, 0.05) is 71.3 Å². The monoisotopic (exact) mass is 780 g/mol. The molecule has 0 rings (SSSR count). The number of methoxy groups -OCH3 is 1. The molecule has 0 saturated carbocycles. The van der Waals surface area contributed by atoms with Crippen molar-refractivity contribution in [3.05, 3.63) is 0 Å². The van der Waals surface area contributed by atoms with Crippen LogP contribution in [0.25, 0.3) is 0 Å². The fourth-order valence-electron chi connectivity index (χ4n) is 5.02. The van der Waals surface area contributed by atoms with Crippen LogP contribution >= 0.6 is 0 Å². The fourth-order valence-corrected chi connectivity index (χ4v) is 5.38. The Balaban J connectivity index is 4.56. The van der Waals surface area contributed by atoms with Crippen LogP contribution in [0.4, 0.5) is 0 Å². The number of carbonyl (C=O) groups is 6. The molecule has 17 nitrogen and oxygen atoms in total. The van der Waals surface area contributed by atoms with E-state index in [9.17, 15) is 37.2 Å². The quantitative estimate of drug-likeness (QED) is 0.0530. The van der Waals surface area contributed by atoms with Gasteiger partial charge in [0.05, 0.1) is 58.0 Å². The molecule has 2 atom stereocenters. The maximum absolute atomic E-state index is 13.3. The molecule has 0 aromatic heterocycles. The molecule has 0 aliphatic rings. The molecule has 0 spiro atoms. The summed E-state index contributed by atoms with van der Waals surface area (Å²) in [7, 11) is -2.61. The highest BCUT2D eigenvalue weighted by Gasteiger charge is 2.28. The number of Topliss-reactive ketones (excluding diaryl/α,β-unsaturated/α-hetero) is 2. The number of nitrogens with zero attached hydrogens (tertiary/aromatic N) is 1. The average Bonchev–Trinajstić information content (AvgIpc) is 3.08. The van der Waals surface area contributed by atoms with E-state index < -0.39 is 39.6 Å². The van der Waals surface area contributed by atoms with Crippen LogP contribution in [0, 0.1) is 11.8 Å². The van der Waals surface area contributed by atoms with Crippen molar-refractivity contribution in [2.24, 2.45) is 11.8 Å². The first-order chi connectivity index (χ1) is 25.1. The molecule has 0 aliphatic carbocycles. The van der Waals surface area contributed by atoms with Gasteiger partial charge >= 0.3 is 0 Å². The minimum absolute atomic E-state index is 0.0283. The lowest BCUT2D eigenvalue weighted by molar-refractivity contribution is -0.135. The predicted molar refractivity (Wildman–Crippen MR) is 197 cm³/mol. The summed E-state index contributed by atoms with van der Waals surface area (Å²) in [6.07, 6.45) is 2.09. The second-order valence-corrected chi connectivity index (χ2v) is 14.5. The Morgan fingerprint density at radius 1 is 0.736 bits per heavy atom. The molecule has 0 fully saturated rings. The SMILES string of the molecule is CCCN(CCC(=O)NC(C(=O)C[C@@H](CCCCNC(=O)CCOCCOCCOCCOC)C(C)=O)C(C)C)C(=O)CCC(=O)NCCS(=O)(=O)O. The Labute approximate surface area is 315 Å². The normalized spacial score (nSPS) is 12.6. The highest BCUT2D eigenvalue weighted by atomic mass is 32.2. The van der Waals surface area contributed by atoms with E-state index in [1.807, 2.05) is 6.92 Å². The number of amides is 4. The van der Waals surface area contributed by atoms with E-state index in [1.54, 1.807) is 21.0 Å². The molecule has 4 amide bonds. The number of nitrogens with one attached hydrogen (secondary N) is 3. The summed E-state index contributed by atoms with van der Waals surface area (Å²) < 4.78 is 51.3. The van der Waals surface area contributed by atoms with E-state index in [0.717, 1.165) is 0 Å². The van der Waals surface area contributed by atoms with Crippen molar-refractivity contribution in [1.82, 2.24) is 20.9 Å². The third kappa shape index (κ3) is 28.1. The van der Waals surface area contributed by atoms with Crippen LogP contribution in [0.1, 0.15) is 85.5 Å². The summed E-state index contributed by atoms with van der Waals surface area (Å²) in [6, 6.07) is -0.820. The largest absolute Gasteiger partial charge is 0.382 e. The summed E-state index contributed by atoms with van der Waals surface area (Å²) in [4.78, 5) is 76.8. The van der Waals surface area contributed by atoms with E-state index in [0.29, 0.717) is 78.4 Å². The number of hydrogen-bond acceptors (Lipinski definition) is 12. The molecule has 0 radical (unpaired) electrons. The first-order valence-electron chi connectivity index (χ1n) is 18.4. The molecule has 53 heavy (non-hydrogen) atoms. The number of ether oxygens (including phenoxy) is 4. The molecule has 0 aliphatic heterocycles. The Hall–Kier alpha value is -3.03. The first kappa shape index (κ1) is 50.0. The van der Waals surface area contributed by atoms with Crippen LogP contribution in [-0.4, -0.2) is 144 Å². The average molecular weight is 781 g/mol. The van der Waals surface area contributed by atoms with Gasteiger partial charge in [-0.1, -0.05) is 27.2 Å². The molecule has 18 heteroatoms. The summed E-state index contributed by atoms with van der Waals surface area (Å²) >= 11 is 0. The zero-order chi connectivity index (χ0) is 40.1. The van der Waals surface area contributed by atoms with Gasteiger partial charge in [-0.2, -0.15) is 8.42 Å². The van der Waals surface area contributed by atoms with E-state index in [2.05, 4.69) is 16.0 Å². The zero-order valence-electron chi connectivity index (χ0n) is 32.3. The Morgan fingerprint density at radius 3 is 1.89 bits per heavy atom. The predicted octanol–water partition coefficient (Wildman–Crippen LogP) is 1.08. The minimum Gasteiger partial charge on any atom is -0.382 e. The third-order valence-electron chi connectivity index (χ3n) is 8.01. The number of carbonyl (C=O) groups excluding carboxylic acids is 6. The third-order valence-corrected chi connectivity index (χ3v) is 8.73. The van der Waals surface area contributed by atoms with Gasteiger partial charge in [-0.15, -0.1) is 0 Å². The van der Waals surface area contributed by atoms with Crippen molar-refractivity contribution >= 4 is 45.3 Å².